The molecule has 0 atom stereocenters. The summed E-state index contributed by atoms with van der Waals surface area (Å²) in [5.74, 6) is -0.714. The van der Waals surface area contributed by atoms with Crippen LogP contribution in [0.3, 0.4) is 0 Å². The van der Waals surface area contributed by atoms with Gasteiger partial charge in [-0.2, -0.15) is 5.01 Å². The highest BCUT2D eigenvalue weighted by Gasteiger charge is 2.50. The van der Waals surface area contributed by atoms with E-state index in [0.717, 1.165) is 58.4 Å². The summed E-state index contributed by atoms with van der Waals surface area (Å²) in [5, 5.41) is 4.84. The van der Waals surface area contributed by atoms with Crippen LogP contribution >= 0.6 is 0 Å². The maximum Gasteiger partial charge on any atom is 0.344 e. The number of urea groups is 1. The molecule has 0 aliphatic carbocycles. The summed E-state index contributed by atoms with van der Waals surface area (Å²) in [6, 6.07) is 17.5. The molecule has 4 rings (SSSR count). The van der Waals surface area contributed by atoms with Gasteiger partial charge in [0.05, 0.1) is 0 Å². The highest BCUT2D eigenvalue weighted by Crippen LogP contribution is 2.32. The highest BCUT2D eigenvalue weighted by molar-refractivity contribution is 6.08. The molecule has 0 unspecified atom stereocenters. The van der Waals surface area contributed by atoms with Crippen LogP contribution in [0.1, 0.15) is 64.4 Å². The summed E-state index contributed by atoms with van der Waals surface area (Å²) in [6.07, 6.45) is 5.30. The number of carbonyl (C=O) groups is 3. The summed E-state index contributed by atoms with van der Waals surface area (Å²) in [6.45, 7) is 4.12. The number of para-hydroxylation sites is 1. The molecule has 1 aliphatic heterocycles. The first-order chi connectivity index (χ1) is 17.0. The Morgan fingerprint density at radius 3 is 2.29 bits per heavy atom. The van der Waals surface area contributed by atoms with Crippen molar-refractivity contribution in [3.8, 4) is 11.3 Å². The van der Waals surface area contributed by atoms with Gasteiger partial charge in [-0.05, 0) is 36.5 Å². The Bertz CT molecular complexity index is 1190. The normalized spacial score (nSPS) is 15.0. The third-order valence-electron chi connectivity index (χ3n) is 6.79. The minimum Gasteiger partial charge on any atom is -0.354 e. The van der Waals surface area contributed by atoms with Gasteiger partial charge >= 0.3 is 6.03 Å². The molecular weight excluding hydrogens is 440 g/mol. The van der Waals surface area contributed by atoms with Crippen LogP contribution in [0, 0.1) is 0 Å². The van der Waals surface area contributed by atoms with Gasteiger partial charge in [0.25, 0.3) is 5.91 Å². The van der Waals surface area contributed by atoms with E-state index in [2.05, 4.69) is 29.6 Å². The third-order valence-corrected chi connectivity index (χ3v) is 6.79. The summed E-state index contributed by atoms with van der Waals surface area (Å²) in [5.41, 5.74) is 5.73. The van der Waals surface area contributed by atoms with Crippen molar-refractivity contribution in [2.24, 2.45) is 0 Å². The SMILES string of the molecule is CCCCC1(CCCC)NC(=O)N(NC(=O)CCc2c(-c3ccccc3)[nH]c3ccccc23)C1=O. The van der Waals surface area contributed by atoms with Crippen molar-refractivity contribution in [1.29, 1.82) is 0 Å². The minimum absolute atomic E-state index is 0.148. The lowest BCUT2D eigenvalue weighted by Crippen LogP contribution is -2.50. The van der Waals surface area contributed by atoms with Crippen molar-refractivity contribution >= 4 is 28.7 Å². The molecule has 1 aromatic heterocycles. The number of benzene rings is 2. The van der Waals surface area contributed by atoms with Gasteiger partial charge in [0.2, 0.25) is 5.91 Å². The van der Waals surface area contributed by atoms with E-state index in [1.165, 1.54) is 0 Å². The number of H-pyrrole nitrogens is 1. The lowest BCUT2D eigenvalue weighted by molar-refractivity contribution is -0.139. The molecule has 2 aromatic carbocycles. The first-order valence-electron chi connectivity index (χ1n) is 12.6. The number of aromatic amines is 1. The second-order valence-electron chi connectivity index (χ2n) is 9.29. The van der Waals surface area contributed by atoms with Crippen molar-refractivity contribution in [2.45, 2.75) is 70.8 Å². The van der Waals surface area contributed by atoms with Crippen molar-refractivity contribution in [3.05, 3.63) is 60.2 Å². The monoisotopic (exact) mass is 474 g/mol. The first kappa shape index (κ1) is 24.5. The van der Waals surface area contributed by atoms with Gasteiger partial charge in [0.1, 0.15) is 5.54 Å². The number of nitrogens with zero attached hydrogens (tertiary/aromatic N) is 1. The average molecular weight is 475 g/mol. The van der Waals surface area contributed by atoms with Gasteiger partial charge < -0.3 is 10.3 Å². The molecule has 7 heteroatoms. The molecule has 3 aromatic rings. The van der Waals surface area contributed by atoms with E-state index < -0.39 is 11.6 Å². The maximum absolute atomic E-state index is 13.3. The Balaban J connectivity index is 1.49. The molecule has 1 aliphatic rings. The molecule has 7 nitrogen and oxygen atoms in total. The van der Waals surface area contributed by atoms with Crippen LogP contribution in [-0.2, 0) is 16.0 Å². The van der Waals surface area contributed by atoms with E-state index in [9.17, 15) is 14.4 Å². The van der Waals surface area contributed by atoms with Crippen LogP contribution in [0.15, 0.2) is 54.6 Å². The van der Waals surface area contributed by atoms with Gasteiger partial charge in [-0.3, -0.25) is 15.0 Å². The van der Waals surface area contributed by atoms with E-state index in [1.807, 2.05) is 54.6 Å². The quantitative estimate of drug-likeness (QED) is 0.322. The van der Waals surface area contributed by atoms with Crippen LogP contribution in [0.25, 0.3) is 22.2 Å². The standard InChI is InChI=1S/C28H34N4O3/c1-3-5-18-28(19-6-4-2)26(34)32(27(35)30-28)31-24(33)17-16-22-21-14-10-11-15-23(21)29-25(22)20-12-8-7-9-13-20/h7-15,29H,3-6,16-19H2,1-2H3,(H,30,35)(H,31,33). The van der Waals surface area contributed by atoms with Crippen LogP contribution in [0.2, 0.25) is 0 Å². The molecule has 4 amide bonds. The Morgan fingerprint density at radius 1 is 0.943 bits per heavy atom. The van der Waals surface area contributed by atoms with Crippen LogP contribution in [0.4, 0.5) is 4.79 Å². The second kappa shape index (κ2) is 10.8. The minimum atomic E-state index is -0.923. The number of hydrogen-bond acceptors (Lipinski definition) is 3. The van der Waals surface area contributed by atoms with E-state index in [4.69, 9.17) is 0 Å². The predicted molar refractivity (Wildman–Crippen MR) is 137 cm³/mol. The zero-order chi connectivity index (χ0) is 24.8. The topological polar surface area (TPSA) is 94.3 Å². The van der Waals surface area contributed by atoms with Crippen LogP contribution < -0.4 is 10.7 Å². The van der Waals surface area contributed by atoms with E-state index in [0.29, 0.717) is 19.3 Å². The lowest BCUT2D eigenvalue weighted by Gasteiger charge is -2.26. The number of carbonyl (C=O) groups excluding carboxylic acids is 3. The summed E-state index contributed by atoms with van der Waals surface area (Å²) in [4.78, 5) is 42.3. The lowest BCUT2D eigenvalue weighted by atomic mass is 9.87. The van der Waals surface area contributed by atoms with Crippen molar-refractivity contribution in [3.63, 3.8) is 0 Å². The number of hydrazine groups is 1. The fraction of sp³-hybridized carbons (Fsp3) is 0.393. The summed E-state index contributed by atoms with van der Waals surface area (Å²) in [7, 11) is 0. The largest absolute Gasteiger partial charge is 0.354 e. The number of nitrogens with one attached hydrogen (secondary N) is 3. The Labute approximate surface area is 206 Å². The summed E-state index contributed by atoms with van der Waals surface area (Å²) >= 11 is 0. The number of aromatic nitrogens is 1. The predicted octanol–water partition coefficient (Wildman–Crippen LogP) is 5.47. The smallest absolute Gasteiger partial charge is 0.344 e. The second-order valence-corrected chi connectivity index (χ2v) is 9.29. The van der Waals surface area contributed by atoms with Gasteiger partial charge in [0, 0.05) is 23.0 Å². The molecule has 1 fully saturated rings. The molecule has 1 saturated heterocycles. The van der Waals surface area contributed by atoms with E-state index in [1.54, 1.807) is 0 Å². The Morgan fingerprint density at radius 2 is 1.60 bits per heavy atom. The number of amides is 4. The number of imide groups is 1. The van der Waals surface area contributed by atoms with Crippen molar-refractivity contribution < 1.29 is 14.4 Å². The molecular formula is C28H34N4O3. The fourth-order valence-corrected chi connectivity index (χ4v) is 4.87. The fourth-order valence-electron chi connectivity index (χ4n) is 4.87. The third kappa shape index (κ3) is 5.09. The number of rotatable bonds is 11. The van der Waals surface area contributed by atoms with Crippen molar-refractivity contribution in [2.75, 3.05) is 0 Å². The summed E-state index contributed by atoms with van der Waals surface area (Å²) < 4.78 is 0. The zero-order valence-corrected chi connectivity index (χ0v) is 20.5. The van der Waals surface area contributed by atoms with Gasteiger partial charge in [-0.25, -0.2) is 4.79 Å². The highest BCUT2D eigenvalue weighted by atomic mass is 16.2. The number of hydrogen-bond donors (Lipinski definition) is 3. The number of aryl methyl sites for hydroxylation is 1. The van der Waals surface area contributed by atoms with Gasteiger partial charge in [-0.1, -0.05) is 88.1 Å². The molecule has 184 valence electrons. The average Bonchev–Trinajstić information content (AvgIpc) is 3.36. The molecule has 35 heavy (non-hydrogen) atoms. The Hall–Kier alpha value is -3.61. The maximum atomic E-state index is 13.3. The zero-order valence-electron chi connectivity index (χ0n) is 20.5. The molecule has 0 spiro atoms. The number of unbranched alkanes of at least 4 members (excludes halogenated alkanes) is 2. The van der Waals surface area contributed by atoms with Gasteiger partial charge in [-0.15, -0.1) is 0 Å². The van der Waals surface area contributed by atoms with Crippen LogP contribution in [-0.4, -0.2) is 33.4 Å². The molecule has 0 bridgehead atoms. The van der Waals surface area contributed by atoms with E-state index >= 15 is 0 Å². The Kier molecular flexibility index (Phi) is 7.54. The van der Waals surface area contributed by atoms with Gasteiger partial charge in [0.15, 0.2) is 0 Å². The first-order valence-corrected chi connectivity index (χ1v) is 12.6. The number of fused-ring (bicyclic) bond motifs is 1. The van der Waals surface area contributed by atoms with E-state index in [-0.39, 0.29) is 18.2 Å². The molecule has 3 N–H and O–H groups in total. The molecule has 0 saturated carbocycles. The molecule has 0 radical (unpaired) electrons. The van der Waals surface area contributed by atoms with Crippen molar-refractivity contribution in [1.82, 2.24) is 20.7 Å². The van der Waals surface area contributed by atoms with Crippen LogP contribution in [0.5, 0.6) is 0 Å². The molecule has 2 heterocycles.